The second-order valence-electron chi connectivity index (χ2n) is 4.82. The molecule has 1 aromatic carbocycles. The Balaban J connectivity index is 2.80. The number of benzene rings is 1. The number of carbonyl (C=O) groups is 1. The Hall–Kier alpha value is -2.11. The summed E-state index contributed by atoms with van der Waals surface area (Å²) in [5.74, 6) is -0.00568. The number of nitrogens with two attached hydrogens (primary N) is 1. The van der Waals surface area contributed by atoms with Crippen molar-refractivity contribution in [2.45, 2.75) is 26.7 Å². The number of amides is 1. The second-order valence-corrected chi connectivity index (χ2v) is 4.82. The Kier molecular flexibility index (Phi) is 5.29. The van der Waals surface area contributed by atoms with Crippen molar-refractivity contribution in [1.29, 1.82) is 0 Å². The molecule has 0 heterocycles. The number of carbonyl (C=O) groups excluding carboxylic acids is 1. The maximum Gasteiger partial charge on any atom is 0.292 e. The summed E-state index contributed by atoms with van der Waals surface area (Å²) < 4.78 is 0. The third kappa shape index (κ3) is 4.57. The summed E-state index contributed by atoms with van der Waals surface area (Å²) in [5.41, 5.74) is 5.72. The molecule has 104 valence electrons. The molecule has 0 aliphatic heterocycles. The first-order valence-electron chi connectivity index (χ1n) is 6.24. The summed E-state index contributed by atoms with van der Waals surface area (Å²) in [6.45, 7) is 4.87. The molecular weight excluding hydrogens is 246 g/mol. The molecule has 0 saturated heterocycles. The van der Waals surface area contributed by atoms with Crippen LogP contribution < -0.4 is 11.1 Å². The van der Waals surface area contributed by atoms with Crippen LogP contribution in [0, 0.1) is 16.0 Å². The molecule has 19 heavy (non-hydrogen) atoms. The molecule has 0 atom stereocenters. The minimum Gasteiger partial charge on any atom is -0.379 e. The van der Waals surface area contributed by atoms with Crippen molar-refractivity contribution in [3.05, 3.63) is 33.9 Å². The van der Waals surface area contributed by atoms with Gasteiger partial charge in [0.05, 0.1) is 4.92 Å². The molecule has 0 aromatic heterocycles. The molecule has 0 saturated carbocycles. The summed E-state index contributed by atoms with van der Waals surface area (Å²) in [6, 6.07) is 4.08. The van der Waals surface area contributed by atoms with E-state index in [0.717, 1.165) is 12.8 Å². The molecule has 0 fully saturated rings. The number of nitro groups is 1. The Labute approximate surface area is 112 Å². The van der Waals surface area contributed by atoms with Gasteiger partial charge >= 0.3 is 0 Å². The molecule has 6 heteroatoms. The minimum atomic E-state index is -0.597. The SMILES string of the molecule is CC(C)CCCNc1cc(C(N)=O)ccc1[N+](=O)[O-]. The molecule has 3 N–H and O–H groups in total. The Morgan fingerprint density at radius 1 is 1.47 bits per heavy atom. The average molecular weight is 265 g/mol. The summed E-state index contributed by atoms with van der Waals surface area (Å²) in [7, 11) is 0. The van der Waals surface area contributed by atoms with E-state index in [1.807, 2.05) is 0 Å². The van der Waals surface area contributed by atoms with Crippen LogP contribution in [0.5, 0.6) is 0 Å². The van der Waals surface area contributed by atoms with Crippen molar-refractivity contribution in [3.63, 3.8) is 0 Å². The van der Waals surface area contributed by atoms with E-state index in [0.29, 0.717) is 18.2 Å². The maximum atomic E-state index is 11.1. The highest BCUT2D eigenvalue weighted by Gasteiger charge is 2.15. The fourth-order valence-electron chi connectivity index (χ4n) is 1.72. The van der Waals surface area contributed by atoms with Crippen LogP contribution >= 0.6 is 0 Å². The van der Waals surface area contributed by atoms with Gasteiger partial charge in [-0.25, -0.2) is 0 Å². The Morgan fingerprint density at radius 3 is 2.68 bits per heavy atom. The molecule has 1 amide bonds. The molecule has 1 rings (SSSR count). The molecule has 0 aliphatic carbocycles. The van der Waals surface area contributed by atoms with Crippen molar-refractivity contribution in [2.24, 2.45) is 11.7 Å². The molecule has 0 bridgehead atoms. The zero-order valence-electron chi connectivity index (χ0n) is 11.2. The van der Waals surface area contributed by atoms with Crippen molar-refractivity contribution in [3.8, 4) is 0 Å². The molecule has 0 unspecified atom stereocenters. The number of nitrogens with zero attached hydrogens (tertiary/aromatic N) is 1. The van der Waals surface area contributed by atoms with Crippen molar-refractivity contribution in [2.75, 3.05) is 11.9 Å². The zero-order chi connectivity index (χ0) is 14.4. The number of nitro benzene ring substituents is 1. The lowest BCUT2D eigenvalue weighted by molar-refractivity contribution is -0.384. The fraction of sp³-hybridized carbons (Fsp3) is 0.462. The van der Waals surface area contributed by atoms with Gasteiger partial charge in [0.2, 0.25) is 5.91 Å². The number of hydrogen-bond donors (Lipinski definition) is 2. The molecule has 1 aromatic rings. The Morgan fingerprint density at radius 2 is 2.16 bits per heavy atom. The van der Waals surface area contributed by atoms with E-state index in [1.54, 1.807) is 0 Å². The smallest absolute Gasteiger partial charge is 0.292 e. The normalized spacial score (nSPS) is 10.5. The topological polar surface area (TPSA) is 98.3 Å². The number of nitrogens with one attached hydrogen (secondary N) is 1. The molecule has 0 aliphatic rings. The summed E-state index contributed by atoms with van der Waals surface area (Å²) in [6.07, 6.45) is 1.95. The largest absolute Gasteiger partial charge is 0.379 e. The highest BCUT2D eigenvalue weighted by Crippen LogP contribution is 2.25. The van der Waals surface area contributed by atoms with Gasteiger partial charge < -0.3 is 11.1 Å². The van der Waals surface area contributed by atoms with Gasteiger partial charge in [-0.2, -0.15) is 0 Å². The minimum absolute atomic E-state index is 0.0467. The van der Waals surface area contributed by atoms with E-state index in [-0.39, 0.29) is 11.3 Å². The summed E-state index contributed by atoms with van der Waals surface area (Å²) in [4.78, 5) is 21.5. The van der Waals surface area contributed by atoms with Crippen LogP contribution in [0.1, 0.15) is 37.0 Å². The van der Waals surface area contributed by atoms with Crippen LogP contribution in [0.15, 0.2) is 18.2 Å². The van der Waals surface area contributed by atoms with Crippen molar-refractivity contribution >= 4 is 17.3 Å². The average Bonchev–Trinajstić information content (AvgIpc) is 2.33. The molecular formula is C13H19N3O3. The first kappa shape index (κ1) is 14.9. The third-order valence-electron chi connectivity index (χ3n) is 2.75. The van der Waals surface area contributed by atoms with Crippen LogP contribution in [-0.2, 0) is 0 Å². The lowest BCUT2D eigenvalue weighted by atomic mass is 10.1. The standard InChI is InChI=1S/C13H19N3O3/c1-9(2)4-3-7-15-11-8-10(13(14)17)5-6-12(11)16(18)19/h5-6,8-9,15H,3-4,7H2,1-2H3,(H2,14,17). The maximum absolute atomic E-state index is 11.1. The van der Waals surface area contributed by atoms with E-state index in [4.69, 9.17) is 5.73 Å². The fourth-order valence-corrected chi connectivity index (χ4v) is 1.72. The van der Waals surface area contributed by atoms with Crippen LogP contribution in [0.2, 0.25) is 0 Å². The highest BCUT2D eigenvalue weighted by atomic mass is 16.6. The van der Waals surface area contributed by atoms with Crippen LogP contribution in [-0.4, -0.2) is 17.4 Å². The number of hydrogen-bond acceptors (Lipinski definition) is 4. The van der Waals surface area contributed by atoms with Crippen molar-refractivity contribution in [1.82, 2.24) is 0 Å². The van der Waals surface area contributed by atoms with Crippen LogP contribution in [0.25, 0.3) is 0 Å². The van der Waals surface area contributed by atoms with Gasteiger partial charge in [0.15, 0.2) is 0 Å². The number of primary amides is 1. The van der Waals surface area contributed by atoms with Gasteiger partial charge in [-0.1, -0.05) is 13.8 Å². The first-order chi connectivity index (χ1) is 8.91. The summed E-state index contributed by atoms with van der Waals surface area (Å²) >= 11 is 0. The Bertz CT molecular complexity index is 472. The zero-order valence-corrected chi connectivity index (χ0v) is 11.2. The lowest BCUT2D eigenvalue weighted by Crippen LogP contribution is -2.12. The molecule has 6 nitrogen and oxygen atoms in total. The number of anilines is 1. The third-order valence-corrected chi connectivity index (χ3v) is 2.75. The predicted molar refractivity (Wildman–Crippen MR) is 74.2 cm³/mol. The van der Waals surface area contributed by atoms with E-state index < -0.39 is 10.8 Å². The monoisotopic (exact) mass is 265 g/mol. The highest BCUT2D eigenvalue weighted by molar-refractivity contribution is 5.94. The van der Waals surface area contributed by atoms with Gasteiger partial charge in [0, 0.05) is 18.2 Å². The van der Waals surface area contributed by atoms with Crippen molar-refractivity contribution < 1.29 is 9.72 Å². The molecule has 0 spiro atoms. The number of rotatable bonds is 7. The van der Waals surface area contributed by atoms with Crippen LogP contribution in [0.4, 0.5) is 11.4 Å². The second kappa shape index (κ2) is 6.72. The van der Waals surface area contributed by atoms with Gasteiger partial charge in [0.1, 0.15) is 5.69 Å². The van der Waals surface area contributed by atoms with E-state index >= 15 is 0 Å². The van der Waals surface area contributed by atoms with Gasteiger partial charge in [-0.3, -0.25) is 14.9 Å². The van der Waals surface area contributed by atoms with E-state index in [2.05, 4.69) is 19.2 Å². The summed E-state index contributed by atoms with van der Waals surface area (Å²) in [5, 5.41) is 13.9. The lowest BCUT2D eigenvalue weighted by Gasteiger charge is -2.09. The van der Waals surface area contributed by atoms with Gasteiger partial charge in [-0.05, 0) is 30.9 Å². The van der Waals surface area contributed by atoms with E-state index in [9.17, 15) is 14.9 Å². The first-order valence-corrected chi connectivity index (χ1v) is 6.24. The van der Waals surface area contributed by atoms with Crippen LogP contribution in [0.3, 0.4) is 0 Å². The van der Waals surface area contributed by atoms with E-state index in [1.165, 1.54) is 18.2 Å². The van der Waals surface area contributed by atoms with Gasteiger partial charge in [-0.15, -0.1) is 0 Å². The quantitative estimate of drug-likeness (QED) is 0.449. The van der Waals surface area contributed by atoms with Gasteiger partial charge in [0.25, 0.3) is 5.69 Å². The predicted octanol–water partition coefficient (Wildman–Crippen LogP) is 2.54. The molecule has 0 radical (unpaired) electrons.